The quantitative estimate of drug-likeness (QED) is 0.686. The van der Waals surface area contributed by atoms with Gasteiger partial charge in [0, 0.05) is 29.7 Å². The number of fused-ring (bicyclic) bond motifs is 1. The van der Waals surface area contributed by atoms with Gasteiger partial charge >= 0.3 is 0 Å². The van der Waals surface area contributed by atoms with E-state index in [-0.39, 0.29) is 5.91 Å². The van der Waals surface area contributed by atoms with Crippen molar-refractivity contribution in [2.75, 3.05) is 13.1 Å². The highest BCUT2D eigenvalue weighted by molar-refractivity contribution is 7.17. The van der Waals surface area contributed by atoms with E-state index in [1.165, 1.54) is 22.1 Å². The van der Waals surface area contributed by atoms with Crippen molar-refractivity contribution in [2.45, 2.75) is 26.2 Å². The summed E-state index contributed by atoms with van der Waals surface area (Å²) in [7, 11) is 0. The van der Waals surface area contributed by atoms with Crippen LogP contribution in [0.25, 0.3) is 10.1 Å². The van der Waals surface area contributed by atoms with E-state index in [1.807, 2.05) is 35.3 Å². The second kappa shape index (κ2) is 6.96. The fourth-order valence-electron chi connectivity index (χ4n) is 3.69. The molecule has 0 saturated carbocycles. The summed E-state index contributed by atoms with van der Waals surface area (Å²) >= 11 is 1.82. The van der Waals surface area contributed by atoms with Gasteiger partial charge in [0.25, 0.3) is 5.91 Å². The molecule has 1 atom stereocenters. The molecule has 1 amide bonds. The summed E-state index contributed by atoms with van der Waals surface area (Å²) in [5, 5.41) is 3.66. The maximum absolute atomic E-state index is 12.8. The highest BCUT2D eigenvalue weighted by Gasteiger charge is 2.25. The number of hydrogen-bond acceptors (Lipinski definition) is 3. The summed E-state index contributed by atoms with van der Waals surface area (Å²) in [6.07, 6.45) is 5.03. The van der Waals surface area contributed by atoms with E-state index in [9.17, 15) is 4.79 Å². The van der Waals surface area contributed by atoms with E-state index in [2.05, 4.69) is 34.6 Å². The van der Waals surface area contributed by atoms with Gasteiger partial charge in [-0.25, -0.2) is 0 Å². The van der Waals surface area contributed by atoms with Crippen LogP contribution in [0.1, 0.15) is 34.5 Å². The van der Waals surface area contributed by atoms with Gasteiger partial charge in [0.2, 0.25) is 0 Å². The molecule has 128 valence electrons. The Morgan fingerprint density at radius 2 is 2.16 bits per heavy atom. The molecule has 1 fully saturated rings. The summed E-state index contributed by atoms with van der Waals surface area (Å²) in [5.74, 6) is 0.654. The number of rotatable bonds is 3. The molecule has 0 bridgehead atoms. The number of thiophene rings is 1. The first-order chi connectivity index (χ1) is 12.2. The molecular formula is C21H22N2OS. The first-order valence-electron chi connectivity index (χ1n) is 8.88. The van der Waals surface area contributed by atoms with Gasteiger partial charge in [0.1, 0.15) is 0 Å². The fourth-order valence-corrected chi connectivity index (χ4v) is 4.67. The highest BCUT2D eigenvalue weighted by atomic mass is 32.1. The molecule has 4 rings (SSSR count). The lowest BCUT2D eigenvalue weighted by atomic mass is 9.91. The third-order valence-electron chi connectivity index (χ3n) is 5.03. The Labute approximate surface area is 152 Å². The zero-order chi connectivity index (χ0) is 17.2. The van der Waals surface area contributed by atoms with Gasteiger partial charge in [0.05, 0.1) is 5.56 Å². The van der Waals surface area contributed by atoms with E-state index >= 15 is 0 Å². The SMILES string of the molecule is Cc1ccc(C(=O)N2CCC[C@@H](Cc3csc4ccccc34)C2)cn1. The zero-order valence-corrected chi connectivity index (χ0v) is 15.3. The number of aromatic nitrogens is 1. The number of hydrogen-bond donors (Lipinski definition) is 0. The lowest BCUT2D eigenvalue weighted by molar-refractivity contribution is 0.0673. The van der Waals surface area contributed by atoms with E-state index in [0.717, 1.165) is 31.6 Å². The van der Waals surface area contributed by atoms with Crippen LogP contribution in [0.15, 0.2) is 48.0 Å². The van der Waals surface area contributed by atoms with E-state index < -0.39 is 0 Å². The van der Waals surface area contributed by atoms with Gasteiger partial charge in [-0.1, -0.05) is 18.2 Å². The van der Waals surface area contributed by atoms with Gasteiger partial charge in [-0.15, -0.1) is 11.3 Å². The molecule has 25 heavy (non-hydrogen) atoms. The summed E-state index contributed by atoms with van der Waals surface area (Å²) in [5.41, 5.74) is 3.07. The second-order valence-electron chi connectivity index (χ2n) is 6.91. The first kappa shape index (κ1) is 16.3. The van der Waals surface area contributed by atoms with E-state index in [1.54, 1.807) is 6.20 Å². The molecule has 3 nitrogen and oxygen atoms in total. The highest BCUT2D eigenvalue weighted by Crippen LogP contribution is 2.30. The second-order valence-corrected chi connectivity index (χ2v) is 7.82. The van der Waals surface area contributed by atoms with Crippen molar-refractivity contribution in [2.24, 2.45) is 5.92 Å². The van der Waals surface area contributed by atoms with Crippen LogP contribution in [0.5, 0.6) is 0 Å². The Kier molecular flexibility index (Phi) is 4.53. The molecule has 1 saturated heterocycles. The lowest BCUT2D eigenvalue weighted by Gasteiger charge is -2.33. The number of piperidine rings is 1. The minimum Gasteiger partial charge on any atom is -0.338 e. The molecule has 1 aliphatic rings. The van der Waals surface area contributed by atoms with Gasteiger partial charge < -0.3 is 4.90 Å². The summed E-state index contributed by atoms with van der Waals surface area (Å²) < 4.78 is 1.35. The van der Waals surface area contributed by atoms with Crippen molar-refractivity contribution < 1.29 is 4.79 Å². The van der Waals surface area contributed by atoms with Crippen LogP contribution < -0.4 is 0 Å². The Morgan fingerprint density at radius 3 is 3.00 bits per heavy atom. The largest absolute Gasteiger partial charge is 0.338 e. The van der Waals surface area contributed by atoms with Crippen LogP contribution in [-0.2, 0) is 6.42 Å². The Hall–Kier alpha value is -2.20. The van der Waals surface area contributed by atoms with Crippen LogP contribution in [0, 0.1) is 12.8 Å². The number of amides is 1. The normalized spacial score (nSPS) is 17.8. The summed E-state index contributed by atoms with van der Waals surface area (Å²) in [6, 6.07) is 12.4. The number of aryl methyl sites for hydroxylation is 1. The maximum Gasteiger partial charge on any atom is 0.255 e. The molecule has 3 heterocycles. The van der Waals surface area contributed by atoms with Crippen LogP contribution in [0.4, 0.5) is 0 Å². The molecule has 2 aromatic heterocycles. The first-order valence-corrected chi connectivity index (χ1v) is 9.76. The van der Waals surface area contributed by atoms with Crippen LogP contribution in [-0.4, -0.2) is 28.9 Å². The third kappa shape index (κ3) is 3.45. The van der Waals surface area contributed by atoms with Gasteiger partial charge in [-0.3, -0.25) is 9.78 Å². The maximum atomic E-state index is 12.8. The van der Waals surface area contributed by atoms with Gasteiger partial charge in [-0.2, -0.15) is 0 Å². The topological polar surface area (TPSA) is 33.2 Å². The molecule has 0 N–H and O–H groups in total. The number of carbonyl (C=O) groups is 1. The Balaban J connectivity index is 1.47. The Bertz CT molecular complexity index is 884. The smallest absolute Gasteiger partial charge is 0.255 e. The number of benzene rings is 1. The molecule has 0 radical (unpaired) electrons. The van der Waals surface area contributed by atoms with Crippen molar-refractivity contribution in [3.63, 3.8) is 0 Å². The van der Waals surface area contributed by atoms with Crippen LogP contribution in [0.2, 0.25) is 0 Å². The average molecular weight is 350 g/mol. The van der Waals surface area contributed by atoms with Gasteiger partial charge in [-0.05, 0) is 66.6 Å². The zero-order valence-electron chi connectivity index (χ0n) is 14.4. The van der Waals surface area contributed by atoms with Crippen molar-refractivity contribution in [3.05, 3.63) is 64.8 Å². The van der Waals surface area contributed by atoms with E-state index in [0.29, 0.717) is 11.5 Å². The number of likely N-dealkylation sites (tertiary alicyclic amines) is 1. The number of nitrogens with zero attached hydrogens (tertiary/aromatic N) is 2. The standard InChI is InChI=1S/C21H22N2OS/c1-15-8-9-17(12-22-15)21(24)23-10-4-5-16(13-23)11-18-14-25-20-7-3-2-6-19(18)20/h2-3,6-9,12,14,16H,4-5,10-11,13H2,1H3/t16-/m0/s1. The van der Waals surface area contributed by atoms with Gasteiger partial charge in [0.15, 0.2) is 0 Å². The molecule has 4 heteroatoms. The number of carbonyl (C=O) groups excluding carboxylic acids is 1. The molecule has 0 unspecified atom stereocenters. The molecule has 1 aromatic carbocycles. The van der Waals surface area contributed by atoms with Crippen molar-refractivity contribution >= 4 is 27.3 Å². The summed E-state index contributed by atoms with van der Waals surface area (Å²) in [4.78, 5) is 19.0. The van der Waals surface area contributed by atoms with Crippen molar-refractivity contribution in [1.82, 2.24) is 9.88 Å². The minimum absolute atomic E-state index is 0.118. The molecule has 0 aliphatic carbocycles. The minimum atomic E-state index is 0.118. The predicted molar refractivity (Wildman–Crippen MR) is 103 cm³/mol. The summed E-state index contributed by atoms with van der Waals surface area (Å²) in [6.45, 7) is 3.64. The predicted octanol–water partition coefficient (Wildman–Crippen LogP) is 4.70. The lowest BCUT2D eigenvalue weighted by Crippen LogP contribution is -2.40. The third-order valence-corrected chi connectivity index (χ3v) is 6.05. The molecule has 1 aliphatic heterocycles. The van der Waals surface area contributed by atoms with E-state index in [4.69, 9.17) is 0 Å². The molecule has 0 spiro atoms. The Morgan fingerprint density at radius 1 is 1.28 bits per heavy atom. The van der Waals surface area contributed by atoms with Crippen LogP contribution in [0.3, 0.4) is 0 Å². The monoisotopic (exact) mass is 350 g/mol. The van der Waals surface area contributed by atoms with Crippen molar-refractivity contribution in [3.8, 4) is 0 Å². The number of pyridine rings is 1. The van der Waals surface area contributed by atoms with Crippen LogP contribution >= 0.6 is 11.3 Å². The average Bonchev–Trinajstić information content (AvgIpc) is 3.05. The molecular weight excluding hydrogens is 328 g/mol. The van der Waals surface area contributed by atoms with Crippen molar-refractivity contribution in [1.29, 1.82) is 0 Å². The fraction of sp³-hybridized carbons (Fsp3) is 0.333. The molecule has 3 aromatic rings.